The zero-order chi connectivity index (χ0) is 15.0. The number of aliphatic hydroxyl groups excluding tert-OH is 4. The van der Waals surface area contributed by atoms with Crippen molar-refractivity contribution in [1.82, 2.24) is 0 Å². The summed E-state index contributed by atoms with van der Waals surface area (Å²) in [5.41, 5.74) is 0. The predicted molar refractivity (Wildman–Crippen MR) is 52.6 cm³/mol. The summed E-state index contributed by atoms with van der Waals surface area (Å²) >= 11 is 0. The minimum Gasteiger partial charge on any atom is -0.479 e. The number of hydrogen-bond donors (Lipinski definition) is 7. The maximum absolute atomic E-state index is 9.77. The second kappa shape index (κ2) is 8.36. The van der Waals surface area contributed by atoms with Crippen LogP contribution in [0.2, 0.25) is 0 Å². The monoisotopic (exact) mass is 270 g/mol. The highest BCUT2D eigenvalue weighted by Gasteiger charge is 2.29. The van der Waals surface area contributed by atoms with E-state index >= 15 is 0 Å². The molecule has 0 rings (SSSR count). The van der Waals surface area contributed by atoms with Crippen molar-refractivity contribution in [2.45, 2.75) is 31.3 Å². The summed E-state index contributed by atoms with van der Waals surface area (Å²) in [6, 6.07) is 0. The normalized spacial score (nSPS) is 16.5. The molecule has 106 valence electrons. The third-order valence-electron chi connectivity index (χ3n) is 1.52. The summed E-state index contributed by atoms with van der Waals surface area (Å²) in [5, 5.41) is 57.2. The molecule has 0 heterocycles. The Morgan fingerprint density at radius 3 is 0.944 bits per heavy atom. The molecule has 4 atom stereocenters. The van der Waals surface area contributed by atoms with E-state index in [1.54, 1.807) is 0 Å². The molecule has 0 radical (unpaired) electrons. The van der Waals surface area contributed by atoms with Crippen molar-refractivity contribution in [3.8, 4) is 0 Å². The predicted octanol–water partition coefficient (Wildman–Crippen LogP) is -3.31. The Balaban J connectivity index is 0. The van der Waals surface area contributed by atoms with Gasteiger partial charge in [-0.05, 0) is 6.92 Å². The van der Waals surface area contributed by atoms with Crippen LogP contribution in [0.15, 0.2) is 0 Å². The van der Waals surface area contributed by atoms with Crippen LogP contribution in [0, 0.1) is 0 Å². The second-order valence-corrected chi connectivity index (χ2v) is 3.09. The molecule has 0 aliphatic rings. The van der Waals surface area contributed by atoms with Crippen LogP contribution in [0.25, 0.3) is 0 Å². The summed E-state index contributed by atoms with van der Waals surface area (Å²) in [7, 11) is 0. The van der Waals surface area contributed by atoms with Gasteiger partial charge in [0.05, 0.1) is 6.10 Å². The first-order valence-electron chi connectivity index (χ1n) is 4.43. The minimum atomic E-state index is -2.27. The van der Waals surface area contributed by atoms with Gasteiger partial charge in [0.25, 0.3) is 0 Å². The Bertz CT molecular complexity index is 280. The fraction of sp³-hybridized carbons (Fsp3) is 0.625. The highest BCUT2D eigenvalue weighted by Crippen LogP contribution is 1.92. The average Bonchev–Trinajstić information content (AvgIpc) is 2.26. The van der Waals surface area contributed by atoms with Crippen LogP contribution >= 0.6 is 0 Å². The summed E-state index contributed by atoms with van der Waals surface area (Å²) in [5.74, 6) is -4.94. The van der Waals surface area contributed by atoms with Crippen LogP contribution < -0.4 is 0 Å². The Kier molecular flexibility index (Phi) is 8.64. The molecule has 0 aliphatic heterocycles. The lowest BCUT2D eigenvalue weighted by atomic mass is 10.2. The Hall–Kier alpha value is -1.75. The van der Waals surface area contributed by atoms with Crippen molar-refractivity contribution in [2.75, 3.05) is 0 Å². The van der Waals surface area contributed by atoms with Gasteiger partial charge in [0, 0.05) is 0 Å². The largest absolute Gasteiger partial charge is 0.479 e. The van der Waals surface area contributed by atoms with Crippen LogP contribution in [-0.4, -0.2) is 78.1 Å². The summed E-state index contributed by atoms with van der Waals surface area (Å²) in [4.78, 5) is 29.3. The zero-order valence-electron chi connectivity index (χ0n) is 9.16. The number of aliphatic hydroxyl groups is 4. The Labute approximate surface area is 100 Å². The third-order valence-corrected chi connectivity index (χ3v) is 1.52. The van der Waals surface area contributed by atoms with Gasteiger partial charge in [-0.15, -0.1) is 0 Å². The first-order chi connectivity index (χ1) is 8.02. The van der Waals surface area contributed by atoms with Gasteiger partial charge in [-0.2, -0.15) is 0 Å². The molecule has 0 saturated carbocycles. The van der Waals surface area contributed by atoms with Crippen molar-refractivity contribution < 1.29 is 50.1 Å². The molecule has 10 nitrogen and oxygen atoms in total. The van der Waals surface area contributed by atoms with E-state index in [2.05, 4.69) is 0 Å². The maximum Gasteiger partial charge on any atom is 0.335 e. The molecule has 0 spiro atoms. The van der Waals surface area contributed by atoms with Crippen molar-refractivity contribution in [3.05, 3.63) is 0 Å². The van der Waals surface area contributed by atoms with Gasteiger partial charge in [0.15, 0.2) is 18.3 Å². The molecular weight excluding hydrogens is 256 g/mol. The van der Waals surface area contributed by atoms with Gasteiger partial charge in [0.1, 0.15) is 0 Å². The topological polar surface area (TPSA) is 193 Å². The molecule has 0 aliphatic carbocycles. The molecule has 0 aromatic carbocycles. The van der Waals surface area contributed by atoms with E-state index in [1.165, 1.54) is 6.92 Å². The van der Waals surface area contributed by atoms with Crippen molar-refractivity contribution in [2.24, 2.45) is 0 Å². The Morgan fingerprint density at radius 2 is 0.889 bits per heavy atom. The van der Waals surface area contributed by atoms with Gasteiger partial charge < -0.3 is 35.7 Å². The van der Waals surface area contributed by atoms with Crippen LogP contribution in [0.1, 0.15) is 6.92 Å². The minimum absolute atomic E-state index is 1.20. The van der Waals surface area contributed by atoms with Crippen LogP contribution in [0.4, 0.5) is 0 Å². The summed E-state index contributed by atoms with van der Waals surface area (Å²) < 4.78 is 0. The second-order valence-electron chi connectivity index (χ2n) is 3.09. The lowest BCUT2D eigenvalue weighted by Crippen LogP contribution is -2.39. The smallest absolute Gasteiger partial charge is 0.335 e. The lowest BCUT2D eigenvalue weighted by Gasteiger charge is -2.07. The van der Waals surface area contributed by atoms with E-state index < -0.39 is 42.3 Å². The third kappa shape index (κ3) is 7.51. The number of aliphatic carboxylic acids is 3. The van der Waals surface area contributed by atoms with E-state index in [4.69, 9.17) is 35.7 Å². The number of rotatable bonds is 5. The van der Waals surface area contributed by atoms with Crippen molar-refractivity contribution >= 4 is 17.9 Å². The standard InChI is InChI=1S/C4H6O6.C4H8O4/c5-1(3(7)8)2(6)4(9)10;1-2(5)3(6)4(7)8/h1-2,5-6H,(H,7,8)(H,9,10);2-3,5-6H,1H3,(H,7,8). The van der Waals surface area contributed by atoms with E-state index in [0.29, 0.717) is 0 Å². The van der Waals surface area contributed by atoms with Gasteiger partial charge >= 0.3 is 17.9 Å². The Morgan fingerprint density at radius 1 is 0.667 bits per heavy atom. The molecule has 0 aromatic rings. The molecule has 18 heavy (non-hydrogen) atoms. The quantitative estimate of drug-likeness (QED) is 0.266. The van der Waals surface area contributed by atoms with Crippen molar-refractivity contribution in [1.29, 1.82) is 0 Å². The summed E-state index contributed by atoms with van der Waals surface area (Å²) in [6.07, 6.45) is -7.39. The zero-order valence-corrected chi connectivity index (χ0v) is 9.16. The van der Waals surface area contributed by atoms with Crippen LogP contribution in [-0.2, 0) is 14.4 Å². The van der Waals surface area contributed by atoms with Gasteiger partial charge in [0.2, 0.25) is 0 Å². The molecule has 0 fully saturated rings. The summed E-state index contributed by atoms with van der Waals surface area (Å²) in [6.45, 7) is 1.21. The SMILES string of the molecule is CC(O)C(O)C(=O)O.O=C(O)C(O)C(O)C(=O)O. The highest BCUT2D eigenvalue weighted by atomic mass is 16.4. The van der Waals surface area contributed by atoms with E-state index in [-0.39, 0.29) is 0 Å². The lowest BCUT2D eigenvalue weighted by molar-refractivity contribution is -0.165. The van der Waals surface area contributed by atoms with Crippen molar-refractivity contribution in [3.63, 3.8) is 0 Å². The molecule has 0 bridgehead atoms. The first kappa shape index (κ1) is 18.6. The highest BCUT2D eigenvalue weighted by molar-refractivity contribution is 5.83. The number of carbonyl (C=O) groups is 3. The van der Waals surface area contributed by atoms with E-state index in [1.807, 2.05) is 0 Å². The van der Waals surface area contributed by atoms with Gasteiger partial charge in [-0.25, -0.2) is 14.4 Å². The molecule has 0 amide bonds. The van der Waals surface area contributed by atoms with E-state index in [0.717, 1.165) is 0 Å². The number of hydrogen-bond acceptors (Lipinski definition) is 7. The molecule has 0 aromatic heterocycles. The molecule has 0 saturated heterocycles. The van der Waals surface area contributed by atoms with Crippen LogP contribution in [0.3, 0.4) is 0 Å². The first-order valence-corrected chi connectivity index (χ1v) is 4.43. The molecule has 7 N–H and O–H groups in total. The maximum atomic E-state index is 9.77. The fourth-order valence-electron chi connectivity index (χ4n) is 0.476. The average molecular weight is 270 g/mol. The molecular formula is C8H14O10. The van der Waals surface area contributed by atoms with Gasteiger partial charge in [-0.3, -0.25) is 0 Å². The molecule has 4 unspecified atom stereocenters. The number of carboxylic acids is 3. The fourth-order valence-corrected chi connectivity index (χ4v) is 0.476. The van der Waals surface area contributed by atoms with Gasteiger partial charge in [-0.1, -0.05) is 0 Å². The van der Waals surface area contributed by atoms with Crippen LogP contribution in [0.5, 0.6) is 0 Å². The number of carboxylic acid groups (broad SMARTS) is 3. The molecule has 10 heteroatoms. The van der Waals surface area contributed by atoms with E-state index in [9.17, 15) is 14.4 Å².